The van der Waals surface area contributed by atoms with Crippen molar-refractivity contribution in [1.29, 1.82) is 0 Å². The number of nitrogens with one attached hydrogen (secondary N) is 2. The molecule has 3 rings (SSSR count). The van der Waals surface area contributed by atoms with Crippen LogP contribution in [0.1, 0.15) is 5.56 Å². The molecule has 0 unspecified atom stereocenters. The summed E-state index contributed by atoms with van der Waals surface area (Å²) in [6.45, 7) is 4.02. The van der Waals surface area contributed by atoms with E-state index < -0.39 is 0 Å². The van der Waals surface area contributed by atoms with Crippen LogP contribution >= 0.6 is 0 Å². The molecule has 1 aromatic carbocycles. The molecule has 1 aromatic heterocycles. The molecule has 6 heteroatoms. The van der Waals surface area contributed by atoms with Gasteiger partial charge in [-0.1, -0.05) is 12.1 Å². The van der Waals surface area contributed by atoms with Crippen LogP contribution in [0.2, 0.25) is 0 Å². The van der Waals surface area contributed by atoms with Crippen molar-refractivity contribution in [3.8, 4) is 0 Å². The largest absolute Gasteiger partial charge is 0.378 e. The Morgan fingerprint density at radius 2 is 1.88 bits per heavy atom. The average Bonchev–Trinajstić information content (AvgIpc) is 2.64. The number of pyridine rings is 1. The zero-order valence-corrected chi connectivity index (χ0v) is 13.6. The number of amides is 1. The number of hydrogen-bond donors (Lipinski definition) is 2. The summed E-state index contributed by atoms with van der Waals surface area (Å²) in [6, 6.07) is 11.8. The number of morpholine rings is 1. The highest BCUT2D eigenvalue weighted by atomic mass is 16.5. The quantitative estimate of drug-likeness (QED) is 0.845. The van der Waals surface area contributed by atoms with Crippen molar-refractivity contribution in [1.82, 2.24) is 10.3 Å². The van der Waals surface area contributed by atoms with Gasteiger partial charge in [-0.2, -0.15) is 0 Å². The van der Waals surface area contributed by atoms with Gasteiger partial charge in [-0.25, -0.2) is 0 Å². The van der Waals surface area contributed by atoms with Crippen LogP contribution in [0.25, 0.3) is 0 Å². The number of benzene rings is 1. The highest BCUT2D eigenvalue weighted by Gasteiger charge is 2.15. The first kappa shape index (κ1) is 16.4. The summed E-state index contributed by atoms with van der Waals surface area (Å²) in [5.41, 5.74) is 2.99. The maximum atomic E-state index is 12.2. The van der Waals surface area contributed by atoms with Gasteiger partial charge in [-0.15, -0.1) is 0 Å². The third-order valence-electron chi connectivity index (χ3n) is 3.89. The van der Waals surface area contributed by atoms with Gasteiger partial charge in [0, 0.05) is 32.0 Å². The van der Waals surface area contributed by atoms with Gasteiger partial charge in [0.25, 0.3) is 0 Å². The Bertz CT molecular complexity index is 657. The Morgan fingerprint density at radius 1 is 1.12 bits per heavy atom. The normalized spacial score (nSPS) is 14.4. The maximum absolute atomic E-state index is 12.2. The minimum Gasteiger partial charge on any atom is -0.378 e. The van der Waals surface area contributed by atoms with Crippen molar-refractivity contribution in [2.45, 2.75) is 6.54 Å². The lowest BCUT2D eigenvalue weighted by Gasteiger charge is -2.30. The molecule has 2 aromatic rings. The standard InChI is InChI=1S/C18H22N4O2/c23-18(14-20-13-15-5-7-19-8-6-15)21-16-3-1-2-4-17(16)22-9-11-24-12-10-22/h1-8,20H,9-14H2,(H,21,23). The lowest BCUT2D eigenvalue weighted by atomic mass is 10.2. The number of anilines is 2. The van der Waals surface area contributed by atoms with Crippen molar-refractivity contribution in [2.75, 3.05) is 43.1 Å². The molecular formula is C18H22N4O2. The predicted molar refractivity (Wildman–Crippen MR) is 94.0 cm³/mol. The number of carbonyl (C=O) groups excluding carboxylic acids is 1. The Balaban J connectivity index is 1.54. The molecule has 0 aliphatic carbocycles. The minimum atomic E-state index is -0.0511. The highest BCUT2D eigenvalue weighted by molar-refractivity contribution is 5.95. The van der Waals surface area contributed by atoms with Gasteiger partial charge in [-0.05, 0) is 29.8 Å². The van der Waals surface area contributed by atoms with E-state index in [1.165, 1.54) is 0 Å². The number of nitrogens with zero attached hydrogens (tertiary/aromatic N) is 2. The second-order valence-electron chi connectivity index (χ2n) is 5.62. The van der Waals surface area contributed by atoms with E-state index in [0.717, 1.165) is 43.2 Å². The van der Waals surface area contributed by atoms with Crippen LogP contribution in [0.15, 0.2) is 48.8 Å². The van der Waals surface area contributed by atoms with Gasteiger partial charge in [0.2, 0.25) is 5.91 Å². The average molecular weight is 326 g/mol. The minimum absolute atomic E-state index is 0.0511. The fraction of sp³-hybridized carbons (Fsp3) is 0.333. The maximum Gasteiger partial charge on any atom is 0.238 e. The Hall–Kier alpha value is -2.44. The Labute approximate surface area is 141 Å². The fourth-order valence-electron chi connectivity index (χ4n) is 2.67. The number of ether oxygens (including phenoxy) is 1. The van der Waals surface area contributed by atoms with Crippen LogP contribution in [-0.4, -0.2) is 43.7 Å². The van der Waals surface area contributed by atoms with Gasteiger partial charge < -0.3 is 20.3 Å². The SMILES string of the molecule is O=C(CNCc1ccncc1)Nc1ccccc1N1CCOCC1. The van der Waals surface area contributed by atoms with E-state index >= 15 is 0 Å². The lowest BCUT2D eigenvalue weighted by Crippen LogP contribution is -2.37. The highest BCUT2D eigenvalue weighted by Crippen LogP contribution is 2.26. The molecule has 1 amide bonds. The summed E-state index contributed by atoms with van der Waals surface area (Å²) in [5.74, 6) is -0.0511. The van der Waals surface area contributed by atoms with E-state index in [2.05, 4.69) is 20.5 Å². The van der Waals surface area contributed by atoms with Crippen LogP contribution in [-0.2, 0) is 16.1 Å². The van der Waals surface area contributed by atoms with Crippen LogP contribution in [0, 0.1) is 0 Å². The molecule has 2 N–H and O–H groups in total. The van der Waals surface area contributed by atoms with Gasteiger partial charge in [0.05, 0.1) is 31.1 Å². The second-order valence-corrected chi connectivity index (χ2v) is 5.62. The summed E-state index contributed by atoms with van der Waals surface area (Å²) < 4.78 is 5.39. The Kier molecular flexibility index (Phi) is 5.76. The summed E-state index contributed by atoms with van der Waals surface area (Å²) >= 11 is 0. The van der Waals surface area contributed by atoms with Crippen molar-refractivity contribution in [2.24, 2.45) is 0 Å². The molecule has 0 atom stereocenters. The second kappa shape index (κ2) is 8.42. The predicted octanol–water partition coefficient (Wildman–Crippen LogP) is 1.65. The lowest BCUT2D eigenvalue weighted by molar-refractivity contribution is -0.115. The molecule has 0 radical (unpaired) electrons. The first-order chi connectivity index (χ1) is 11.8. The first-order valence-corrected chi connectivity index (χ1v) is 8.14. The molecule has 0 spiro atoms. The van der Waals surface area contributed by atoms with E-state index in [4.69, 9.17) is 4.74 Å². The monoisotopic (exact) mass is 326 g/mol. The summed E-state index contributed by atoms with van der Waals surface area (Å²) in [5, 5.41) is 6.15. The van der Waals surface area contributed by atoms with Crippen LogP contribution in [0.5, 0.6) is 0 Å². The fourth-order valence-corrected chi connectivity index (χ4v) is 2.67. The van der Waals surface area contributed by atoms with Crippen molar-refractivity contribution in [3.63, 3.8) is 0 Å². The molecule has 6 nitrogen and oxygen atoms in total. The van der Waals surface area contributed by atoms with Crippen molar-refractivity contribution in [3.05, 3.63) is 54.4 Å². The smallest absolute Gasteiger partial charge is 0.238 e. The van der Waals surface area contributed by atoms with Gasteiger partial charge >= 0.3 is 0 Å². The number of rotatable bonds is 6. The molecule has 2 heterocycles. The third kappa shape index (κ3) is 4.53. The zero-order chi connectivity index (χ0) is 16.6. The number of para-hydroxylation sites is 2. The molecular weight excluding hydrogens is 304 g/mol. The molecule has 0 bridgehead atoms. The third-order valence-corrected chi connectivity index (χ3v) is 3.89. The van der Waals surface area contributed by atoms with E-state index in [9.17, 15) is 4.79 Å². The molecule has 1 fully saturated rings. The van der Waals surface area contributed by atoms with E-state index in [0.29, 0.717) is 6.54 Å². The van der Waals surface area contributed by atoms with E-state index in [1.54, 1.807) is 12.4 Å². The number of aromatic nitrogens is 1. The molecule has 1 aliphatic heterocycles. The summed E-state index contributed by atoms with van der Waals surface area (Å²) in [6.07, 6.45) is 3.49. The topological polar surface area (TPSA) is 66.5 Å². The van der Waals surface area contributed by atoms with Crippen LogP contribution < -0.4 is 15.5 Å². The van der Waals surface area contributed by atoms with E-state index in [1.807, 2.05) is 36.4 Å². The molecule has 126 valence electrons. The zero-order valence-electron chi connectivity index (χ0n) is 13.6. The van der Waals surface area contributed by atoms with Gasteiger partial charge in [0.1, 0.15) is 0 Å². The van der Waals surface area contributed by atoms with Crippen molar-refractivity contribution >= 4 is 17.3 Å². The first-order valence-electron chi connectivity index (χ1n) is 8.14. The summed E-state index contributed by atoms with van der Waals surface area (Å²) in [7, 11) is 0. The van der Waals surface area contributed by atoms with Gasteiger partial charge in [-0.3, -0.25) is 9.78 Å². The van der Waals surface area contributed by atoms with Crippen LogP contribution in [0.3, 0.4) is 0 Å². The molecule has 0 saturated carbocycles. The molecule has 1 aliphatic rings. The van der Waals surface area contributed by atoms with Crippen LogP contribution in [0.4, 0.5) is 11.4 Å². The molecule has 1 saturated heterocycles. The number of carbonyl (C=O) groups is 1. The summed E-state index contributed by atoms with van der Waals surface area (Å²) in [4.78, 5) is 18.4. The Morgan fingerprint density at radius 3 is 2.67 bits per heavy atom. The van der Waals surface area contributed by atoms with Crippen molar-refractivity contribution < 1.29 is 9.53 Å². The van der Waals surface area contributed by atoms with Gasteiger partial charge in [0.15, 0.2) is 0 Å². The number of hydrogen-bond acceptors (Lipinski definition) is 5. The van der Waals surface area contributed by atoms with E-state index in [-0.39, 0.29) is 12.5 Å². The molecule has 24 heavy (non-hydrogen) atoms.